The van der Waals surface area contributed by atoms with E-state index in [4.69, 9.17) is 9.15 Å². The molecule has 0 unspecified atom stereocenters. The Bertz CT molecular complexity index is 1390. The summed E-state index contributed by atoms with van der Waals surface area (Å²) in [5.74, 6) is 0.720. The van der Waals surface area contributed by atoms with Crippen LogP contribution in [-0.4, -0.2) is 59.0 Å². The number of amides is 2. The molecule has 4 aromatic rings. The summed E-state index contributed by atoms with van der Waals surface area (Å²) in [7, 11) is 1.64. The molecule has 2 aromatic carbocycles. The van der Waals surface area contributed by atoms with Crippen molar-refractivity contribution in [3.63, 3.8) is 0 Å². The van der Waals surface area contributed by atoms with Crippen molar-refractivity contribution in [2.75, 3.05) is 26.7 Å². The van der Waals surface area contributed by atoms with Crippen molar-refractivity contribution in [1.29, 1.82) is 0 Å². The Morgan fingerprint density at radius 3 is 2.63 bits per heavy atom. The van der Waals surface area contributed by atoms with E-state index in [0.717, 1.165) is 22.3 Å². The van der Waals surface area contributed by atoms with Crippen LogP contribution in [0.15, 0.2) is 71.3 Å². The standard InChI is InChI=1S/C28H29N3O4/c1-19-7-4-5-10-24(19)26(32)30-13-12-29(17-20(30)2)27(33)25-16-22-11-14-35-28(22)31(25)18-21-8-6-9-23(15-21)34-3/h4-11,14-16,20H,12-13,17-18H2,1-3H3/t20-/m1/s1. The van der Waals surface area contributed by atoms with Crippen molar-refractivity contribution in [3.05, 3.63) is 89.3 Å². The fraction of sp³-hybridized carbons (Fsp3) is 0.286. The SMILES string of the molecule is COc1cccc(Cn2c(C(=O)N3CCN(C(=O)c4ccccc4C)[C@H](C)C3)cc3ccoc32)c1. The lowest BCUT2D eigenvalue weighted by molar-refractivity contribution is 0.0409. The van der Waals surface area contributed by atoms with Crippen LogP contribution < -0.4 is 4.74 Å². The van der Waals surface area contributed by atoms with Gasteiger partial charge in [0.25, 0.3) is 11.8 Å². The first-order valence-electron chi connectivity index (χ1n) is 11.8. The summed E-state index contributed by atoms with van der Waals surface area (Å²) in [6.07, 6.45) is 1.64. The normalized spacial score (nSPS) is 16.0. The maximum absolute atomic E-state index is 13.7. The molecule has 2 amide bonds. The Hall–Kier alpha value is -4.00. The smallest absolute Gasteiger partial charge is 0.270 e. The van der Waals surface area contributed by atoms with Gasteiger partial charge in [-0.2, -0.15) is 0 Å². The van der Waals surface area contributed by atoms with Gasteiger partial charge >= 0.3 is 0 Å². The maximum Gasteiger partial charge on any atom is 0.270 e. The second kappa shape index (κ2) is 9.33. The number of ether oxygens (including phenoxy) is 1. The fourth-order valence-corrected chi connectivity index (χ4v) is 4.84. The molecule has 1 aliphatic rings. The quantitative estimate of drug-likeness (QED) is 0.427. The van der Waals surface area contributed by atoms with Gasteiger partial charge in [0.15, 0.2) is 0 Å². The molecule has 0 spiro atoms. The van der Waals surface area contributed by atoms with Gasteiger partial charge < -0.3 is 23.5 Å². The molecule has 1 fully saturated rings. The van der Waals surface area contributed by atoms with Gasteiger partial charge in [0.1, 0.15) is 11.4 Å². The summed E-state index contributed by atoms with van der Waals surface area (Å²) in [5, 5.41) is 0.887. The van der Waals surface area contributed by atoms with Crippen LogP contribution in [0.3, 0.4) is 0 Å². The molecule has 7 heteroatoms. The van der Waals surface area contributed by atoms with Gasteiger partial charge in [-0.15, -0.1) is 0 Å². The van der Waals surface area contributed by atoms with Crippen LogP contribution in [0.1, 0.15) is 38.9 Å². The zero-order valence-electron chi connectivity index (χ0n) is 20.2. The van der Waals surface area contributed by atoms with Gasteiger partial charge in [-0.1, -0.05) is 30.3 Å². The Morgan fingerprint density at radius 1 is 1.03 bits per heavy atom. The number of carbonyl (C=O) groups excluding carboxylic acids is 2. The number of furan rings is 1. The monoisotopic (exact) mass is 471 g/mol. The number of methoxy groups -OCH3 is 1. The van der Waals surface area contributed by atoms with Crippen LogP contribution in [0, 0.1) is 6.92 Å². The molecule has 180 valence electrons. The first-order chi connectivity index (χ1) is 17.0. The molecule has 0 aliphatic carbocycles. The zero-order chi connectivity index (χ0) is 24.5. The Labute approximate surface area is 204 Å². The molecule has 7 nitrogen and oxygen atoms in total. The van der Waals surface area contributed by atoms with Gasteiger partial charge in [-0.3, -0.25) is 9.59 Å². The number of carbonyl (C=O) groups is 2. The summed E-state index contributed by atoms with van der Waals surface area (Å²) < 4.78 is 13.0. The van der Waals surface area contributed by atoms with E-state index in [2.05, 4.69) is 0 Å². The molecular formula is C28H29N3O4. The van der Waals surface area contributed by atoms with E-state index in [9.17, 15) is 9.59 Å². The van der Waals surface area contributed by atoms with E-state index >= 15 is 0 Å². The second-order valence-corrected chi connectivity index (χ2v) is 9.06. The summed E-state index contributed by atoms with van der Waals surface area (Å²) in [4.78, 5) is 30.6. The minimum atomic E-state index is -0.0930. The van der Waals surface area contributed by atoms with E-state index in [1.54, 1.807) is 13.4 Å². The summed E-state index contributed by atoms with van der Waals surface area (Å²) in [5.41, 5.74) is 3.92. The van der Waals surface area contributed by atoms with E-state index in [1.165, 1.54) is 0 Å². The van der Waals surface area contributed by atoms with E-state index in [0.29, 0.717) is 43.1 Å². The highest BCUT2D eigenvalue weighted by atomic mass is 16.5. The molecule has 1 saturated heterocycles. The molecule has 0 N–H and O–H groups in total. The third kappa shape index (κ3) is 4.30. The zero-order valence-corrected chi connectivity index (χ0v) is 20.2. The van der Waals surface area contributed by atoms with Crippen molar-refractivity contribution in [2.24, 2.45) is 0 Å². The largest absolute Gasteiger partial charge is 0.497 e. The lowest BCUT2D eigenvalue weighted by atomic mass is 10.1. The molecule has 3 heterocycles. The van der Waals surface area contributed by atoms with Gasteiger partial charge in [0, 0.05) is 36.6 Å². The van der Waals surface area contributed by atoms with E-state index < -0.39 is 0 Å². The number of hydrogen-bond acceptors (Lipinski definition) is 4. The Balaban J connectivity index is 1.37. The number of aryl methyl sites for hydroxylation is 1. The van der Waals surface area contributed by atoms with Gasteiger partial charge in [0.05, 0.1) is 19.9 Å². The third-order valence-electron chi connectivity index (χ3n) is 6.75. The summed E-state index contributed by atoms with van der Waals surface area (Å²) >= 11 is 0. The van der Waals surface area contributed by atoms with Crippen LogP contribution in [0.2, 0.25) is 0 Å². The van der Waals surface area contributed by atoms with Crippen LogP contribution >= 0.6 is 0 Å². The highest BCUT2D eigenvalue weighted by Gasteiger charge is 2.32. The lowest BCUT2D eigenvalue weighted by Crippen LogP contribution is -2.55. The molecule has 5 rings (SSSR count). The van der Waals surface area contributed by atoms with Crippen molar-refractivity contribution in [2.45, 2.75) is 26.4 Å². The number of rotatable bonds is 5. The first-order valence-corrected chi connectivity index (χ1v) is 11.8. The minimum Gasteiger partial charge on any atom is -0.497 e. The molecule has 0 radical (unpaired) electrons. The average molecular weight is 472 g/mol. The van der Waals surface area contributed by atoms with Crippen molar-refractivity contribution in [1.82, 2.24) is 14.4 Å². The molecule has 1 aliphatic heterocycles. The molecule has 1 atom stereocenters. The molecule has 2 aromatic heterocycles. The Kier molecular flexibility index (Phi) is 6.07. The maximum atomic E-state index is 13.7. The summed E-state index contributed by atoms with van der Waals surface area (Å²) in [6.45, 7) is 5.87. The lowest BCUT2D eigenvalue weighted by Gasteiger charge is -2.40. The van der Waals surface area contributed by atoms with Gasteiger partial charge in [-0.05, 0) is 55.3 Å². The predicted octanol–water partition coefficient (Wildman–Crippen LogP) is 4.59. The summed E-state index contributed by atoms with van der Waals surface area (Å²) in [6, 6.07) is 19.1. The third-order valence-corrected chi connectivity index (χ3v) is 6.75. The van der Waals surface area contributed by atoms with E-state index in [1.807, 2.05) is 88.9 Å². The second-order valence-electron chi connectivity index (χ2n) is 9.06. The van der Waals surface area contributed by atoms with Crippen LogP contribution in [-0.2, 0) is 6.54 Å². The Morgan fingerprint density at radius 2 is 1.86 bits per heavy atom. The number of fused-ring (bicyclic) bond motifs is 1. The fourth-order valence-electron chi connectivity index (χ4n) is 4.84. The molecule has 35 heavy (non-hydrogen) atoms. The molecule has 0 saturated carbocycles. The number of nitrogens with zero attached hydrogens (tertiary/aromatic N) is 3. The number of hydrogen-bond donors (Lipinski definition) is 0. The van der Waals surface area contributed by atoms with Gasteiger partial charge in [-0.25, -0.2) is 0 Å². The van der Waals surface area contributed by atoms with Crippen LogP contribution in [0.25, 0.3) is 11.1 Å². The number of aromatic nitrogens is 1. The van der Waals surface area contributed by atoms with Crippen molar-refractivity contribution >= 4 is 22.9 Å². The highest BCUT2D eigenvalue weighted by molar-refractivity contribution is 5.99. The van der Waals surface area contributed by atoms with Crippen LogP contribution in [0.5, 0.6) is 5.75 Å². The highest BCUT2D eigenvalue weighted by Crippen LogP contribution is 2.26. The van der Waals surface area contributed by atoms with E-state index in [-0.39, 0.29) is 17.9 Å². The predicted molar refractivity (Wildman–Crippen MR) is 134 cm³/mol. The van der Waals surface area contributed by atoms with Crippen molar-refractivity contribution < 1.29 is 18.7 Å². The topological polar surface area (TPSA) is 67.9 Å². The minimum absolute atomic E-state index is 0.0154. The van der Waals surface area contributed by atoms with Crippen LogP contribution in [0.4, 0.5) is 0 Å². The first kappa shape index (κ1) is 22.8. The van der Waals surface area contributed by atoms with Crippen molar-refractivity contribution in [3.8, 4) is 5.75 Å². The van der Waals surface area contributed by atoms with Gasteiger partial charge in [0.2, 0.25) is 5.71 Å². The number of benzene rings is 2. The number of piperazine rings is 1. The molecular weight excluding hydrogens is 442 g/mol. The molecule has 0 bridgehead atoms. The average Bonchev–Trinajstić information content (AvgIpc) is 3.46.